The Kier molecular flexibility index (Phi) is 6.45. The number of nitrogens with one attached hydrogen (secondary N) is 1. The highest BCUT2D eigenvalue weighted by Gasteiger charge is 2.23. The molecule has 1 rings (SSSR count). The van der Waals surface area contributed by atoms with Gasteiger partial charge in [-0.3, -0.25) is 9.59 Å². The average molecular weight is 297 g/mol. The number of ether oxygens (including phenoxy) is 1. The maximum atomic E-state index is 11.9. The van der Waals surface area contributed by atoms with Crippen LogP contribution >= 0.6 is 0 Å². The molecule has 0 saturated carbocycles. The lowest BCUT2D eigenvalue weighted by Crippen LogP contribution is -2.41. The molecule has 116 valence electrons. The van der Waals surface area contributed by atoms with Crippen molar-refractivity contribution in [3.05, 3.63) is 23.7 Å². The van der Waals surface area contributed by atoms with E-state index in [1.54, 1.807) is 13.0 Å². The van der Waals surface area contributed by atoms with E-state index in [4.69, 9.17) is 14.3 Å². The van der Waals surface area contributed by atoms with Gasteiger partial charge in [-0.25, -0.2) is 4.79 Å². The van der Waals surface area contributed by atoms with Crippen LogP contribution < -0.4 is 5.32 Å². The first-order chi connectivity index (χ1) is 9.97. The van der Waals surface area contributed by atoms with E-state index in [9.17, 15) is 14.4 Å². The monoisotopic (exact) mass is 297 g/mol. The summed E-state index contributed by atoms with van der Waals surface area (Å²) in [5, 5.41) is 11.4. The third-order valence-corrected chi connectivity index (χ3v) is 2.78. The number of aliphatic carboxylic acids is 1. The topological polar surface area (TPSA) is 106 Å². The molecule has 1 heterocycles. The van der Waals surface area contributed by atoms with Gasteiger partial charge < -0.3 is 19.6 Å². The standard InChI is InChI=1S/C14H19NO6/c1-3-9-5-7-11(21-9)13(17)15-10(14(18)19)6-8-12(16)20-4-2/h5,7,10H,3-4,6,8H2,1-2H3,(H,15,17)(H,18,19)/t10-/m0/s1. The molecule has 1 aromatic rings. The minimum absolute atomic E-state index is 0.0404. The predicted molar refractivity (Wildman–Crippen MR) is 72.8 cm³/mol. The Balaban J connectivity index is 2.59. The largest absolute Gasteiger partial charge is 0.480 e. The van der Waals surface area contributed by atoms with Crippen molar-refractivity contribution in [2.24, 2.45) is 0 Å². The molecule has 0 spiro atoms. The van der Waals surface area contributed by atoms with Gasteiger partial charge in [0, 0.05) is 12.8 Å². The first-order valence-electron chi connectivity index (χ1n) is 6.75. The number of furan rings is 1. The molecule has 2 N–H and O–H groups in total. The van der Waals surface area contributed by atoms with E-state index >= 15 is 0 Å². The van der Waals surface area contributed by atoms with Crippen LogP contribution in [0.2, 0.25) is 0 Å². The summed E-state index contributed by atoms with van der Waals surface area (Å²) in [6.07, 6.45) is 0.517. The first kappa shape index (κ1) is 16.7. The van der Waals surface area contributed by atoms with Crippen LogP contribution in [-0.2, 0) is 20.7 Å². The van der Waals surface area contributed by atoms with Gasteiger partial charge >= 0.3 is 11.9 Å². The van der Waals surface area contributed by atoms with Gasteiger partial charge in [0.05, 0.1) is 6.61 Å². The lowest BCUT2D eigenvalue weighted by Gasteiger charge is -2.13. The minimum atomic E-state index is -1.21. The van der Waals surface area contributed by atoms with E-state index in [1.165, 1.54) is 6.07 Å². The van der Waals surface area contributed by atoms with E-state index in [1.807, 2.05) is 6.92 Å². The molecule has 0 aliphatic carbocycles. The molecule has 21 heavy (non-hydrogen) atoms. The molecule has 1 amide bonds. The second-order valence-electron chi connectivity index (χ2n) is 4.33. The Bertz CT molecular complexity index is 507. The van der Waals surface area contributed by atoms with Crippen molar-refractivity contribution in [1.29, 1.82) is 0 Å². The Morgan fingerprint density at radius 1 is 1.33 bits per heavy atom. The Hall–Kier alpha value is -2.31. The van der Waals surface area contributed by atoms with E-state index < -0.39 is 23.9 Å². The van der Waals surface area contributed by atoms with Gasteiger partial charge in [-0.15, -0.1) is 0 Å². The number of rotatable bonds is 8. The molecule has 0 radical (unpaired) electrons. The third kappa shape index (κ3) is 5.29. The molecule has 7 heteroatoms. The van der Waals surface area contributed by atoms with Crippen LogP contribution in [-0.4, -0.2) is 35.6 Å². The highest BCUT2D eigenvalue weighted by molar-refractivity contribution is 5.94. The highest BCUT2D eigenvalue weighted by Crippen LogP contribution is 2.09. The number of carbonyl (C=O) groups is 3. The average Bonchev–Trinajstić information content (AvgIpc) is 2.92. The zero-order valence-corrected chi connectivity index (χ0v) is 12.0. The van der Waals surface area contributed by atoms with Gasteiger partial charge in [-0.1, -0.05) is 6.92 Å². The lowest BCUT2D eigenvalue weighted by atomic mass is 10.1. The quantitative estimate of drug-likeness (QED) is 0.702. The van der Waals surface area contributed by atoms with Crippen molar-refractivity contribution < 1.29 is 28.6 Å². The normalized spacial score (nSPS) is 11.7. The summed E-state index contributed by atoms with van der Waals surface area (Å²) < 4.78 is 9.96. The lowest BCUT2D eigenvalue weighted by molar-refractivity contribution is -0.144. The van der Waals surface area contributed by atoms with Gasteiger partial charge in [0.1, 0.15) is 11.8 Å². The van der Waals surface area contributed by atoms with Gasteiger partial charge in [0.25, 0.3) is 5.91 Å². The van der Waals surface area contributed by atoms with Gasteiger partial charge in [0.2, 0.25) is 0 Å². The molecule has 0 unspecified atom stereocenters. The zero-order valence-electron chi connectivity index (χ0n) is 12.0. The van der Waals surface area contributed by atoms with Crippen molar-refractivity contribution >= 4 is 17.8 Å². The maximum Gasteiger partial charge on any atom is 0.326 e. The number of carboxylic acids is 1. The molecule has 0 bridgehead atoms. The first-order valence-corrected chi connectivity index (χ1v) is 6.75. The number of hydrogen-bond acceptors (Lipinski definition) is 5. The molecule has 0 saturated heterocycles. The second-order valence-corrected chi connectivity index (χ2v) is 4.33. The van der Waals surface area contributed by atoms with Crippen LogP contribution in [0.5, 0.6) is 0 Å². The molecule has 1 atom stereocenters. The van der Waals surface area contributed by atoms with Gasteiger partial charge in [0.15, 0.2) is 5.76 Å². The van der Waals surface area contributed by atoms with Crippen molar-refractivity contribution in [1.82, 2.24) is 5.32 Å². The van der Waals surface area contributed by atoms with Crippen molar-refractivity contribution in [2.75, 3.05) is 6.61 Å². The minimum Gasteiger partial charge on any atom is -0.480 e. The summed E-state index contributed by atoms with van der Waals surface area (Å²) in [6, 6.07) is 1.97. The molecule has 1 aromatic heterocycles. The molecule has 7 nitrogen and oxygen atoms in total. The van der Waals surface area contributed by atoms with E-state index in [0.29, 0.717) is 12.2 Å². The van der Waals surface area contributed by atoms with Crippen LogP contribution in [0, 0.1) is 0 Å². The Morgan fingerprint density at radius 2 is 2.05 bits per heavy atom. The van der Waals surface area contributed by atoms with E-state index in [2.05, 4.69) is 5.32 Å². The van der Waals surface area contributed by atoms with Gasteiger partial charge in [-0.2, -0.15) is 0 Å². The summed E-state index contributed by atoms with van der Waals surface area (Å²) in [4.78, 5) is 34.2. The fourth-order valence-corrected chi connectivity index (χ4v) is 1.67. The second kappa shape index (κ2) is 8.08. The molecular weight excluding hydrogens is 278 g/mol. The predicted octanol–water partition coefficient (Wildman–Crippen LogP) is 1.37. The number of carbonyl (C=O) groups excluding carboxylic acids is 2. The Labute approximate surface area is 122 Å². The van der Waals surface area contributed by atoms with Crippen LogP contribution in [0.1, 0.15) is 43.0 Å². The number of amides is 1. The third-order valence-electron chi connectivity index (χ3n) is 2.78. The molecular formula is C14H19NO6. The molecule has 0 aromatic carbocycles. The summed E-state index contributed by atoms with van der Waals surface area (Å²) in [5.74, 6) is -1.64. The van der Waals surface area contributed by atoms with Crippen molar-refractivity contribution in [2.45, 2.75) is 39.2 Å². The van der Waals surface area contributed by atoms with E-state index in [0.717, 1.165) is 0 Å². The Morgan fingerprint density at radius 3 is 2.57 bits per heavy atom. The van der Waals surface area contributed by atoms with Crippen LogP contribution in [0.4, 0.5) is 0 Å². The smallest absolute Gasteiger partial charge is 0.326 e. The van der Waals surface area contributed by atoms with Crippen LogP contribution in [0.3, 0.4) is 0 Å². The summed E-state index contributed by atoms with van der Waals surface area (Å²) >= 11 is 0. The maximum absolute atomic E-state index is 11.9. The summed E-state index contributed by atoms with van der Waals surface area (Å²) in [6.45, 7) is 3.77. The van der Waals surface area contributed by atoms with Crippen molar-refractivity contribution in [3.8, 4) is 0 Å². The molecule has 0 fully saturated rings. The van der Waals surface area contributed by atoms with Crippen LogP contribution in [0.15, 0.2) is 16.5 Å². The molecule has 0 aliphatic rings. The number of aryl methyl sites for hydroxylation is 1. The fraction of sp³-hybridized carbons (Fsp3) is 0.500. The van der Waals surface area contributed by atoms with E-state index in [-0.39, 0.29) is 25.2 Å². The van der Waals surface area contributed by atoms with Crippen molar-refractivity contribution in [3.63, 3.8) is 0 Å². The number of carboxylic acid groups (broad SMARTS) is 1. The summed E-state index contributed by atoms with van der Waals surface area (Å²) in [5.41, 5.74) is 0. The zero-order chi connectivity index (χ0) is 15.8. The fourth-order valence-electron chi connectivity index (χ4n) is 1.67. The number of hydrogen-bond donors (Lipinski definition) is 2. The highest BCUT2D eigenvalue weighted by atomic mass is 16.5. The van der Waals surface area contributed by atoms with Crippen LogP contribution in [0.25, 0.3) is 0 Å². The summed E-state index contributed by atoms with van der Waals surface area (Å²) in [7, 11) is 0. The van der Waals surface area contributed by atoms with Gasteiger partial charge in [-0.05, 0) is 25.5 Å². The number of esters is 1. The SMILES string of the molecule is CCOC(=O)CC[C@H](NC(=O)c1ccc(CC)o1)C(=O)O. The molecule has 0 aliphatic heterocycles.